The average molecular weight is 214 g/mol. The molecule has 0 aliphatic carbocycles. The highest BCUT2D eigenvalue weighted by Gasteiger charge is 2.39. The van der Waals surface area contributed by atoms with Crippen molar-refractivity contribution in [3.05, 3.63) is 0 Å². The van der Waals surface area contributed by atoms with Crippen molar-refractivity contribution in [3.63, 3.8) is 0 Å². The van der Waals surface area contributed by atoms with E-state index in [4.69, 9.17) is 15.2 Å². The molecule has 2 rings (SSSR count). The number of rotatable bonds is 3. The fourth-order valence-corrected chi connectivity index (χ4v) is 2.63. The SMILES string of the molecule is CN1CCC(CC2(C)OCC(CN)O2)C1. The van der Waals surface area contributed by atoms with Crippen molar-refractivity contribution in [1.82, 2.24) is 4.90 Å². The van der Waals surface area contributed by atoms with Crippen LogP contribution in [0.25, 0.3) is 0 Å². The minimum atomic E-state index is -0.389. The lowest BCUT2D eigenvalue weighted by Gasteiger charge is -2.26. The van der Waals surface area contributed by atoms with Gasteiger partial charge in [0.25, 0.3) is 0 Å². The van der Waals surface area contributed by atoms with Gasteiger partial charge in [-0.1, -0.05) is 0 Å². The predicted octanol–water partition coefficient (Wildman–Crippen LogP) is 0.419. The molecule has 0 spiro atoms. The first kappa shape index (κ1) is 11.3. The van der Waals surface area contributed by atoms with Gasteiger partial charge in [0, 0.05) is 19.5 Å². The summed E-state index contributed by atoms with van der Waals surface area (Å²) in [7, 11) is 2.17. The van der Waals surface area contributed by atoms with Crippen LogP contribution in [0.15, 0.2) is 0 Å². The normalized spacial score (nSPS) is 42.6. The van der Waals surface area contributed by atoms with Gasteiger partial charge in [0.2, 0.25) is 0 Å². The van der Waals surface area contributed by atoms with Gasteiger partial charge in [-0.25, -0.2) is 0 Å². The fraction of sp³-hybridized carbons (Fsp3) is 1.00. The van der Waals surface area contributed by atoms with Gasteiger partial charge in [0.15, 0.2) is 5.79 Å². The molecule has 2 saturated heterocycles. The number of hydrogen-bond donors (Lipinski definition) is 1. The molecule has 4 heteroatoms. The van der Waals surface area contributed by atoms with E-state index in [2.05, 4.69) is 11.9 Å². The molecule has 0 aromatic rings. The topological polar surface area (TPSA) is 47.7 Å². The van der Waals surface area contributed by atoms with Crippen molar-refractivity contribution in [2.75, 3.05) is 33.3 Å². The molecule has 3 atom stereocenters. The lowest BCUT2D eigenvalue weighted by molar-refractivity contribution is -0.164. The number of likely N-dealkylation sites (tertiary alicyclic amines) is 1. The number of nitrogens with zero attached hydrogens (tertiary/aromatic N) is 1. The van der Waals surface area contributed by atoms with Crippen molar-refractivity contribution in [3.8, 4) is 0 Å². The van der Waals surface area contributed by atoms with E-state index >= 15 is 0 Å². The van der Waals surface area contributed by atoms with Crippen molar-refractivity contribution in [2.45, 2.75) is 31.7 Å². The second-order valence-electron chi connectivity index (χ2n) is 5.04. The van der Waals surface area contributed by atoms with Crippen molar-refractivity contribution in [1.29, 1.82) is 0 Å². The maximum atomic E-state index is 5.83. The van der Waals surface area contributed by atoms with Gasteiger partial charge in [0.1, 0.15) is 0 Å². The van der Waals surface area contributed by atoms with E-state index in [1.165, 1.54) is 13.0 Å². The number of hydrogen-bond acceptors (Lipinski definition) is 4. The maximum Gasteiger partial charge on any atom is 0.166 e. The highest BCUT2D eigenvalue weighted by molar-refractivity contribution is 4.82. The summed E-state index contributed by atoms with van der Waals surface area (Å²) < 4.78 is 11.5. The zero-order valence-corrected chi connectivity index (χ0v) is 9.74. The minimum Gasteiger partial charge on any atom is -0.347 e. The first-order valence-electron chi connectivity index (χ1n) is 5.82. The zero-order valence-electron chi connectivity index (χ0n) is 9.74. The Balaban J connectivity index is 1.83. The van der Waals surface area contributed by atoms with E-state index in [-0.39, 0.29) is 11.9 Å². The Morgan fingerprint density at radius 3 is 2.87 bits per heavy atom. The molecule has 15 heavy (non-hydrogen) atoms. The molecule has 2 aliphatic heterocycles. The lowest BCUT2D eigenvalue weighted by atomic mass is 9.99. The van der Waals surface area contributed by atoms with Crippen molar-refractivity contribution >= 4 is 0 Å². The Bertz CT molecular complexity index is 225. The third kappa shape index (κ3) is 2.69. The summed E-state index contributed by atoms with van der Waals surface area (Å²) in [5, 5.41) is 0. The molecule has 2 N–H and O–H groups in total. The summed E-state index contributed by atoms with van der Waals surface area (Å²) in [6, 6.07) is 0. The smallest absolute Gasteiger partial charge is 0.166 e. The highest BCUT2D eigenvalue weighted by Crippen LogP contribution is 2.32. The molecule has 2 aliphatic rings. The Hall–Kier alpha value is -0.160. The average Bonchev–Trinajstić information content (AvgIpc) is 2.74. The molecule has 4 nitrogen and oxygen atoms in total. The second kappa shape index (κ2) is 4.37. The zero-order chi connectivity index (χ0) is 10.9. The van der Waals surface area contributed by atoms with Crippen LogP contribution in [-0.2, 0) is 9.47 Å². The molecular formula is C11H22N2O2. The van der Waals surface area contributed by atoms with Crippen molar-refractivity contribution < 1.29 is 9.47 Å². The maximum absolute atomic E-state index is 5.83. The third-order valence-electron chi connectivity index (χ3n) is 3.40. The van der Waals surface area contributed by atoms with Crippen LogP contribution < -0.4 is 5.73 Å². The molecular weight excluding hydrogens is 192 g/mol. The Kier molecular flexibility index (Phi) is 3.30. The van der Waals surface area contributed by atoms with Crippen LogP contribution >= 0.6 is 0 Å². The van der Waals surface area contributed by atoms with E-state index in [0.29, 0.717) is 19.1 Å². The fourth-order valence-electron chi connectivity index (χ4n) is 2.63. The van der Waals surface area contributed by atoms with Crippen LogP contribution in [-0.4, -0.2) is 50.1 Å². The van der Waals surface area contributed by atoms with Crippen LogP contribution in [0.2, 0.25) is 0 Å². The molecule has 0 aromatic heterocycles. The number of ether oxygens (including phenoxy) is 2. The molecule has 0 saturated carbocycles. The standard InChI is InChI=1S/C11H22N2O2/c1-11(14-8-10(6-12)15-11)5-9-3-4-13(2)7-9/h9-10H,3-8,12H2,1-2H3. The molecule has 88 valence electrons. The first-order valence-corrected chi connectivity index (χ1v) is 5.82. The highest BCUT2D eigenvalue weighted by atomic mass is 16.7. The van der Waals surface area contributed by atoms with E-state index in [1.807, 2.05) is 6.92 Å². The van der Waals surface area contributed by atoms with Gasteiger partial charge in [-0.05, 0) is 32.9 Å². The number of nitrogens with two attached hydrogens (primary N) is 1. The van der Waals surface area contributed by atoms with Gasteiger partial charge in [-0.3, -0.25) is 0 Å². The van der Waals surface area contributed by atoms with Crippen molar-refractivity contribution in [2.24, 2.45) is 11.7 Å². The molecule has 0 amide bonds. The van der Waals surface area contributed by atoms with E-state index in [0.717, 1.165) is 13.0 Å². The minimum absolute atomic E-state index is 0.0918. The van der Waals surface area contributed by atoms with Gasteiger partial charge in [-0.2, -0.15) is 0 Å². The molecule has 0 radical (unpaired) electrons. The molecule has 3 unspecified atom stereocenters. The summed E-state index contributed by atoms with van der Waals surface area (Å²) >= 11 is 0. The summed E-state index contributed by atoms with van der Waals surface area (Å²) in [6.07, 6.45) is 2.34. The monoisotopic (exact) mass is 214 g/mol. The Morgan fingerprint density at radius 2 is 2.33 bits per heavy atom. The molecule has 0 bridgehead atoms. The summed E-state index contributed by atoms with van der Waals surface area (Å²) in [6.45, 7) is 5.60. The lowest BCUT2D eigenvalue weighted by Crippen LogP contribution is -2.32. The molecule has 2 heterocycles. The summed E-state index contributed by atoms with van der Waals surface area (Å²) in [4.78, 5) is 2.36. The first-order chi connectivity index (χ1) is 7.11. The largest absolute Gasteiger partial charge is 0.347 e. The quantitative estimate of drug-likeness (QED) is 0.739. The van der Waals surface area contributed by atoms with Gasteiger partial charge >= 0.3 is 0 Å². The van der Waals surface area contributed by atoms with Crippen LogP contribution in [0.3, 0.4) is 0 Å². The van der Waals surface area contributed by atoms with Crippen LogP contribution in [0, 0.1) is 5.92 Å². The summed E-state index contributed by atoms with van der Waals surface area (Å²) in [5.74, 6) is 0.316. The molecule has 2 fully saturated rings. The van der Waals surface area contributed by atoms with E-state index in [1.54, 1.807) is 0 Å². The van der Waals surface area contributed by atoms with Crippen LogP contribution in [0.1, 0.15) is 19.8 Å². The van der Waals surface area contributed by atoms with Gasteiger partial charge in [0.05, 0.1) is 12.7 Å². The third-order valence-corrected chi connectivity index (χ3v) is 3.40. The van der Waals surface area contributed by atoms with Crippen LogP contribution in [0.4, 0.5) is 0 Å². The van der Waals surface area contributed by atoms with E-state index < -0.39 is 0 Å². The van der Waals surface area contributed by atoms with Gasteiger partial charge in [-0.15, -0.1) is 0 Å². The second-order valence-corrected chi connectivity index (χ2v) is 5.04. The van der Waals surface area contributed by atoms with Crippen LogP contribution in [0.5, 0.6) is 0 Å². The Morgan fingerprint density at radius 1 is 1.53 bits per heavy atom. The Labute approximate surface area is 91.7 Å². The molecule has 0 aromatic carbocycles. The van der Waals surface area contributed by atoms with Gasteiger partial charge < -0.3 is 20.1 Å². The summed E-state index contributed by atoms with van der Waals surface area (Å²) in [5.41, 5.74) is 5.57. The predicted molar refractivity (Wildman–Crippen MR) is 58.5 cm³/mol. The van der Waals surface area contributed by atoms with E-state index in [9.17, 15) is 0 Å².